The van der Waals surface area contributed by atoms with E-state index < -0.39 is 0 Å². The molecule has 2 heterocycles. The maximum Gasteiger partial charge on any atom is 0.266 e. The molecule has 0 aromatic heterocycles. The molecule has 17 heavy (non-hydrogen) atoms. The Kier molecular flexibility index (Phi) is 3.99. The lowest BCUT2D eigenvalue weighted by Gasteiger charge is -2.34. The predicted molar refractivity (Wildman–Crippen MR) is 65.9 cm³/mol. The normalized spacial score (nSPS) is 25.6. The van der Waals surface area contributed by atoms with E-state index in [-0.39, 0.29) is 12.0 Å². The summed E-state index contributed by atoms with van der Waals surface area (Å²) in [5, 5.41) is 3.94. The third kappa shape index (κ3) is 2.77. The molecule has 0 saturated carbocycles. The maximum atomic E-state index is 12.2. The van der Waals surface area contributed by atoms with E-state index in [4.69, 9.17) is 4.84 Å². The van der Waals surface area contributed by atoms with Crippen LogP contribution in [0.15, 0.2) is 5.16 Å². The van der Waals surface area contributed by atoms with Crippen molar-refractivity contribution in [1.29, 1.82) is 0 Å². The third-order valence-corrected chi connectivity index (χ3v) is 3.54. The van der Waals surface area contributed by atoms with Gasteiger partial charge >= 0.3 is 0 Å². The van der Waals surface area contributed by atoms with Crippen LogP contribution < -0.4 is 0 Å². The summed E-state index contributed by atoms with van der Waals surface area (Å²) in [5.74, 6) is 0.105. The number of carbonyl (C=O) groups excluding carboxylic acids is 1. The molecule has 1 saturated heterocycles. The zero-order valence-corrected chi connectivity index (χ0v) is 10.7. The predicted octanol–water partition coefficient (Wildman–Crippen LogP) is 0.705. The number of hydrogen-bond donors (Lipinski definition) is 0. The lowest BCUT2D eigenvalue weighted by Crippen LogP contribution is -2.51. The Morgan fingerprint density at radius 3 is 2.59 bits per heavy atom. The monoisotopic (exact) mass is 239 g/mol. The van der Waals surface area contributed by atoms with Gasteiger partial charge in [0, 0.05) is 32.6 Å². The van der Waals surface area contributed by atoms with E-state index >= 15 is 0 Å². The molecule has 5 heteroatoms. The van der Waals surface area contributed by atoms with Gasteiger partial charge in [-0.1, -0.05) is 19.0 Å². The Bertz CT molecular complexity index is 309. The van der Waals surface area contributed by atoms with Crippen LogP contribution in [-0.4, -0.2) is 60.2 Å². The molecule has 0 radical (unpaired) electrons. The zero-order valence-electron chi connectivity index (χ0n) is 10.7. The molecule has 1 amide bonds. The fourth-order valence-corrected chi connectivity index (χ4v) is 2.26. The molecule has 1 fully saturated rings. The van der Waals surface area contributed by atoms with Crippen molar-refractivity contribution in [2.24, 2.45) is 5.16 Å². The first kappa shape index (κ1) is 12.4. The van der Waals surface area contributed by atoms with E-state index in [0.29, 0.717) is 6.42 Å². The van der Waals surface area contributed by atoms with Gasteiger partial charge in [-0.2, -0.15) is 0 Å². The van der Waals surface area contributed by atoms with E-state index in [0.717, 1.165) is 44.9 Å². The average Bonchev–Trinajstić information content (AvgIpc) is 2.87. The molecule has 5 nitrogen and oxygen atoms in total. The smallest absolute Gasteiger partial charge is 0.266 e. The molecule has 1 atom stereocenters. The van der Waals surface area contributed by atoms with Crippen molar-refractivity contribution in [1.82, 2.24) is 9.80 Å². The van der Waals surface area contributed by atoms with Crippen molar-refractivity contribution >= 4 is 11.6 Å². The first-order valence-electron chi connectivity index (χ1n) is 6.47. The fraction of sp³-hybridized carbons (Fsp3) is 0.833. The van der Waals surface area contributed by atoms with Gasteiger partial charge < -0.3 is 14.6 Å². The highest BCUT2D eigenvalue weighted by molar-refractivity contribution is 5.92. The number of oxime groups is 1. The van der Waals surface area contributed by atoms with Gasteiger partial charge in [0.25, 0.3) is 5.91 Å². The van der Waals surface area contributed by atoms with E-state index in [1.54, 1.807) is 0 Å². The van der Waals surface area contributed by atoms with Crippen LogP contribution in [-0.2, 0) is 9.63 Å². The largest absolute Gasteiger partial charge is 0.382 e. The van der Waals surface area contributed by atoms with Crippen LogP contribution >= 0.6 is 0 Å². The molecule has 0 aliphatic carbocycles. The first-order valence-corrected chi connectivity index (χ1v) is 6.47. The van der Waals surface area contributed by atoms with Crippen molar-refractivity contribution in [3.8, 4) is 0 Å². The van der Waals surface area contributed by atoms with E-state index in [1.165, 1.54) is 0 Å². The summed E-state index contributed by atoms with van der Waals surface area (Å²) in [4.78, 5) is 21.6. The van der Waals surface area contributed by atoms with Crippen molar-refractivity contribution in [2.45, 2.75) is 32.8 Å². The lowest BCUT2D eigenvalue weighted by atomic mass is 10.1. The molecule has 0 aromatic rings. The van der Waals surface area contributed by atoms with Crippen LogP contribution in [0.3, 0.4) is 0 Å². The highest BCUT2D eigenvalue weighted by atomic mass is 16.6. The van der Waals surface area contributed by atoms with Gasteiger partial charge in [0.2, 0.25) is 6.10 Å². The number of hydrogen-bond acceptors (Lipinski definition) is 4. The molecule has 0 aromatic carbocycles. The molecule has 1 unspecified atom stereocenters. The molecule has 0 N–H and O–H groups in total. The fourth-order valence-electron chi connectivity index (χ4n) is 2.26. The van der Waals surface area contributed by atoms with Gasteiger partial charge in [-0.05, 0) is 13.0 Å². The van der Waals surface area contributed by atoms with Crippen LogP contribution in [0.2, 0.25) is 0 Å². The average molecular weight is 239 g/mol. The standard InChI is InChI=1S/C12H21N3O2/c1-3-10-9-11(17-13-10)12(16)15-7-5-14(4-2)6-8-15/h11H,3-9H2,1-2H3. The van der Waals surface area contributed by atoms with Crippen molar-refractivity contribution in [3.05, 3.63) is 0 Å². The van der Waals surface area contributed by atoms with Gasteiger partial charge in [-0.3, -0.25) is 4.79 Å². The lowest BCUT2D eigenvalue weighted by molar-refractivity contribution is -0.143. The Morgan fingerprint density at radius 1 is 1.35 bits per heavy atom. The topological polar surface area (TPSA) is 45.1 Å². The minimum absolute atomic E-state index is 0.105. The number of nitrogens with zero attached hydrogens (tertiary/aromatic N) is 3. The minimum Gasteiger partial charge on any atom is -0.382 e. The Labute approximate surface area is 102 Å². The van der Waals surface area contributed by atoms with Crippen molar-refractivity contribution in [2.75, 3.05) is 32.7 Å². The third-order valence-electron chi connectivity index (χ3n) is 3.54. The summed E-state index contributed by atoms with van der Waals surface area (Å²) in [6, 6.07) is 0. The molecule has 2 aliphatic rings. The molecule has 96 valence electrons. The quantitative estimate of drug-likeness (QED) is 0.728. The summed E-state index contributed by atoms with van der Waals surface area (Å²) < 4.78 is 0. The number of carbonyl (C=O) groups is 1. The van der Waals surface area contributed by atoms with Gasteiger partial charge in [0.1, 0.15) is 0 Å². The van der Waals surface area contributed by atoms with Crippen molar-refractivity contribution < 1.29 is 9.63 Å². The first-order chi connectivity index (χ1) is 8.24. The molecule has 0 spiro atoms. The summed E-state index contributed by atoms with van der Waals surface area (Å²) in [5.41, 5.74) is 0.996. The van der Waals surface area contributed by atoms with Gasteiger partial charge in [0.15, 0.2) is 0 Å². The van der Waals surface area contributed by atoms with E-state index in [9.17, 15) is 4.79 Å². The summed E-state index contributed by atoms with van der Waals surface area (Å²) in [6.07, 6.45) is 1.18. The number of rotatable bonds is 3. The Morgan fingerprint density at radius 2 is 2.06 bits per heavy atom. The highest BCUT2D eigenvalue weighted by Gasteiger charge is 2.32. The SMILES string of the molecule is CCC1=NOC(C(=O)N2CCN(CC)CC2)C1. The van der Waals surface area contributed by atoms with Crippen molar-refractivity contribution in [3.63, 3.8) is 0 Å². The second kappa shape index (κ2) is 5.49. The molecule has 2 aliphatic heterocycles. The van der Waals surface area contributed by atoms with Crippen LogP contribution in [0.4, 0.5) is 0 Å². The van der Waals surface area contributed by atoms with Gasteiger partial charge in [-0.25, -0.2) is 0 Å². The Hall–Kier alpha value is -1.10. The highest BCUT2D eigenvalue weighted by Crippen LogP contribution is 2.16. The number of piperazine rings is 1. The molecule has 2 rings (SSSR count). The zero-order chi connectivity index (χ0) is 12.3. The van der Waals surface area contributed by atoms with Gasteiger partial charge in [-0.15, -0.1) is 0 Å². The summed E-state index contributed by atoms with van der Waals surface area (Å²) in [6.45, 7) is 8.81. The van der Waals surface area contributed by atoms with Crippen LogP contribution in [0.25, 0.3) is 0 Å². The second-order valence-corrected chi connectivity index (χ2v) is 4.57. The minimum atomic E-state index is -0.363. The van der Waals surface area contributed by atoms with Crippen LogP contribution in [0.5, 0.6) is 0 Å². The molecular weight excluding hydrogens is 218 g/mol. The van der Waals surface area contributed by atoms with Crippen LogP contribution in [0.1, 0.15) is 26.7 Å². The molecule has 0 bridgehead atoms. The van der Waals surface area contributed by atoms with Gasteiger partial charge in [0.05, 0.1) is 5.71 Å². The number of likely N-dealkylation sites (N-methyl/N-ethyl adjacent to an activating group) is 1. The summed E-state index contributed by atoms with van der Waals surface area (Å²) >= 11 is 0. The Balaban J connectivity index is 1.82. The van der Waals surface area contributed by atoms with Crippen LogP contribution in [0, 0.1) is 0 Å². The number of amides is 1. The van der Waals surface area contributed by atoms with E-state index in [2.05, 4.69) is 17.0 Å². The second-order valence-electron chi connectivity index (χ2n) is 4.57. The summed E-state index contributed by atoms with van der Waals surface area (Å²) in [7, 11) is 0. The molecular formula is C12H21N3O2. The maximum absolute atomic E-state index is 12.2. The van der Waals surface area contributed by atoms with E-state index in [1.807, 2.05) is 11.8 Å².